The smallest absolute Gasteiger partial charge is 0.260 e. The normalized spacial score (nSPS) is 16.5. The number of nitrogens with two attached hydrogens (primary N) is 1. The quantitative estimate of drug-likeness (QED) is 0.325. The third-order valence-electron chi connectivity index (χ3n) is 6.92. The Balaban J connectivity index is 1.47. The third kappa shape index (κ3) is 4.64. The Morgan fingerprint density at radius 1 is 1.32 bits per heavy atom. The Hall–Kier alpha value is -3.92. The van der Waals surface area contributed by atoms with E-state index in [2.05, 4.69) is 25.3 Å². The van der Waals surface area contributed by atoms with Gasteiger partial charge in [0, 0.05) is 35.1 Å². The predicted molar refractivity (Wildman–Crippen MR) is 142 cm³/mol. The number of ether oxygens (including phenoxy) is 1. The van der Waals surface area contributed by atoms with Gasteiger partial charge in [-0.05, 0) is 38.8 Å². The van der Waals surface area contributed by atoms with Crippen molar-refractivity contribution in [1.82, 2.24) is 19.9 Å². The van der Waals surface area contributed by atoms with Crippen LogP contribution in [-0.4, -0.2) is 38.9 Å². The van der Waals surface area contributed by atoms with Crippen LogP contribution >= 0.6 is 11.6 Å². The standard InChI is InChI=1S/C26H28ClN7O3/c1-13-10-30-19(14(2)21(13)37-3)12-34-23-20(22(27)32-26(28)33-23)18(25(34)36)9-16-8-17(11-29-16)31-24(35)15-6-4-5-7-15/h8-11,15,29H,4-7,12H2,1-3H3,(H,31,35)(H2,28,32,33)/b18-9-. The maximum atomic E-state index is 13.7. The van der Waals surface area contributed by atoms with Crippen LogP contribution in [0.25, 0.3) is 11.6 Å². The lowest BCUT2D eigenvalue weighted by atomic mass is 10.1. The molecule has 4 N–H and O–H groups in total. The van der Waals surface area contributed by atoms with E-state index in [0.717, 1.165) is 36.8 Å². The van der Waals surface area contributed by atoms with E-state index in [1.54, 1.807) is 31.6 Å². The molecule has 0 unspecified atom stereocenters. The van der Waals surface area contributed by atoms with Gasteiger partial charge in [-0.2, -0.15) is 4.98 Å². The van der Waals surface area contributed by atoms with Crippen LogP contribution in [0.4, 0.5) is 17.5 Å². The Morgan fingerprint density at radius 2 is 2.08 bits per heavy atom. The molecule has 2 amide bonds. The number of nitrogens with one attached hydrogen (secondary N) is 2. The van der Waals surface area contributed by atoms with Gasteiger partial charge in [0.1, 0.15) is 10.9 Å². The number of hydrogen-bond acceptors (Lipinski definition) is 7. The number of hydrogen-bond donors (Lipinski definition) is 3. The van der Waals surface area contributed by atoms with Gasteiger partial charge in [-0.15, -0.1) is 0 Å². The lowest BCUT2D eigenvalue weighted by molar-refractivity contribution is -0.119. The number of methoxy groups -OCH3 is 1. The highest BCUT2D eigenvalue weighted by Crippen LogP contribution is 2.41. The zero-order valence-electron chi connectivity index (χ0n) is 20.9. The van der Waals surface area contributed by atoms with E-state index in [-0.39, 0.29) is 35.4 Å². The number of carbonyl (C=O) groups is 2. The number of nitrogens with zero attached hydrogens (tertiary/aromatic N) is 4. The molecule has 5 rings (SSSR count). The van der Waals surface area contributed by atoms with E-state index in [0.29, 0.717) is 39.8 Å². The van der Waals surface area contributed by atoms with Crippen LogP contribution < -0.4 is 20.7 Å². The molecule has 11 heteroatoms. The summed E-state index contributed by atoms with van der Waals surface area (Å²) in [7, 11) is 1.60. The Labute approximate surface area is 219 Å². The predicted octanol–water partition coefficient (Wildman–Crippen LogP) is 4.28. The average Bonchev–Trinajstić information content (AvgIpc) is 3.59. The Bertz CT molecular complexity index is 1430. The molecule has 1 fully saturated rings. The summed E-state index contributed by atoms with van der Waals surface area (Å²) in [5.41, 5.74) is 10.2. The first-order chi connectivity index (χ1) is 17.8. The second kappa shape index (κ2) is 9.85. The fourth-order valence-electron chi connectivity index (χ4n) is 5.03. The van der Waals surface area contributed by atoms with Crippen LogP contribution in [0.3, 0.4) is 0 Å². The minimum atomic E-state index is -0.316. The van der Waals surface area contributed by atoms with Crippen LogP contribution in [0.2, 0.25) is 5.15 Å². The maximum Gasteiger partial charge on any atom is 0.260 e. The number of carbonyl (C=O) groups excluding carboxylic acids is 2. The van der Waals surface area contributed by atoms with E-state index >= 15 is 0 Å². The third-order valence-corrected chi connectivity index (χ3v) is 7.19. The van der Waals surface area contributed by atoms with Crippen molar-refractivity contribution in [1.29, 1.82) is 0 Å². The zero-order valence-corrected chi connectivity index (χ0v) is 21.6. The van der Waals surface area contributed by atoms with Crippen molar-refractivity contribution in [2.75, 3.05) is 23.1 Å². The minimum absolute atomic E-state index is 0.0208. The molecule has 0 aromatic carbocycles. The highest BCUT2D eigenvalue weighted by molar-refractivity contribution is 6.41. The summed E-state index contributed by atoms with van der Waals surface area (Å²) >= 11 is 6.46. The number of aryl methyl sites for hydroxylation is 1. The molecule has 0 saturated heterocycles. The van der Waals surface area contributed by atoms with Gasteiger partial charge in [-0.25, -0.2) is 4.98 Å². The number of fused-ring (bicyclic) bond motifs is 1. The number of H-pyrrole nitrogens is 1. The summed E-state index contributed by atoms with van der Waals surface area (Å²) in [6.45, 7) is 3.95. The lowest BCUT2D eigenvalue weighted by Gasteiger charge is -2.19. The first-order valence-electron chi connectivity index (χ1n) is 12.1. The molecule has 1 aliphatic carbocycles. The SMILES string of the molecule is COc1c(C)cnc(CN2C(=O)/C(=C\c3cc(NC(=O)C4CCCC4)c[nH]3)c3c(Cl)nc(N)nc32)c1C. The highest BCUT2D eigenvalue weighted by Gasteiger charge is 2.37. The molecule has 0 bridgehead atoms. The van der Waals surface area contributed by atoms with Crippen molar-refractivity contribution in [3.05, 3.63) is 51.7 Å². The molecule has 4 heterocycles. The second-order valence-corrected chi connectivity index (χ2v) is 9.74. The maximum absolute atomic E-state index is 13.7. The van der Waals surface area contributed by atoms with Gasteiger partial charge in [0.25, 0.3) is 5.91 Å². The molecular weight excluding hydrogens is 494 g/mol. The Morgan fingerprint density at radius 3 is 2.81 bits per heavy atom. The Kier molecular flexibility index (Phi) is 6.59. The molecular formula is C26H28ClN7O3. The number of nitrogen functional groups attached to an aromatic ring is 1. The van der Waals surface area contributed by atoms with Gasteiger partial charge in [-0.1, -0.05) is 24.4 Å². The molecule has 2 aliphatic rings. The fraction of sp³-hybridized carbons (Fsp3) is 0.346. The largest absolute Gasteiger partial charge is 0.496 e. The molecule has 192 valence electrons. The van der Waals surface area contributed by atoms with Crippen molar-refractivity contribution < 1.29 is 14.3 Å². The van der Waals surface area contributed by atoms with E-state index in [4.69, 9.17) is 22.1 Å². The summed E-state index contributed by atoms with van der Waals surface area (Å²) < 4.78 is 5.52. The van der Waals surface area contributed by atoms with E-state index in [1.165, 1.54) is 4.90 Å². The number of halogens is 1. The van der Waals surface area contributed by atoms with Crippen LogP contribution in [0.5, 0.6) is 5.75 Å². The topological polar surface area (TPSA) is 139 Å². The minimum Gasteiger partial charge on any atom is -0.496 e. The van der Waals surface area contributed by atoms with Gasteiger partial charge >= 0.3 is 0 Å². The lowest BCUT2D eigenvalue weighted by Crippen LogP contribution is -2.27. The number of anilines is 3. The molecule has 3 aromatic rings. The number of amides is 2. The van der Waals surface area contributed by atoms with Crippen LogP contribution in [0.1, 0.15) is 53.8 Å². The van der Waals surface area contributed by atoms with E-state index in [1.807, 2.05) is 13.8 Å². The van der Waals surface area contributed by atoms with Gasteiger partial charge in [0.2, 0.25) is 11.9 Å². The highest BCUT2D eigenvalue weighted by atomic mass is 35.5. The number of aromatic nitrogens is 4. The zero-order chi connectivity index (χ0) is 26.3. The molecule has 3 aromatic heterocycles. The molecule has 37 heavy (non-hydrogen) atoms. The van der Waals surface area contributed by atoms with E-state index in [9.17, 15) is 9.59 Å². The van der Waals surface area contributed by atoms with Crippen LogP contribution in [-0.2, 0) is 16.1 Å². The first-order valence-corrected chi connectivity index (χ1v) is 12.5. The number of pyridine rings is 1. The number of aromatic amines is 1. The molecule has 0 atom stereocenters. The van der Waals surface area contributed by atoms with Crippen molar-refractivity contribution in [2.24, 2.45) is 5.92 Å². The second-order valence-electron chi connectivity index (χ2n) is 9.38. The van der Waals surface area contributed by atoms with Gasteiger partial charge in [0.05, 0.1) is 36.2 Å². The van der Waals surface area contributed by atoms with Crippen LogP contribution in [0.15, 0.2) is 18.5 Å². The first kappa shape index (κ1) is 24.8. The monoisotopic (exact) mass is 521 g/mol. The number of rotatable bonds is 6. The molecule has 0 radical (unpaired) electrons. The molecule has 0 spiro atoms. The summed E-state index contributed by atoms with van der Waals surface area (Å²) in [5, 5.41) is 3.04. The van der Waals surface area contributed by atoms with Gasteiger partial charge < -0.3 is 20.8 Å². The summed E-state index contributed by atoms with van der Waals surface area (Å²) in [6, 6.07) is 1.78. The summed E-state index contributed by atoms with van der Waals surface area (Å²) in [5.74, 6) is 0.747. The summed E-state index contributed by atoms with van der Waals surface area (Å²) in [6.07, 6.45) is 9.07. The van der Waals surface area contributed by atoms with Crippen molar-refractivity contribution >= 4 is 52.5 Å². The summed E-state index contributed by atoms with van der Waals surface area (Å²) in [4.78, 5) is 43.7. The van der Waals surface area contributed by atoms with Crippen molar-refractivity contribution in [2.45, 2.75) is 46.1 Å². The van der Waals surface area contributed by atoms with Crippen molar-refractivity contribution in [3.8, 4) is 5.75 Å². The van der Waals surface area contributed by atoms with Gasteiger partial charge in [-0.3, -0.25) is 19.5 Å². The fourth-order valence-corrected chi connectivity index (χ4v) is 5.30. The molecule has 10 nitrogen and oxygen atoms in total. The van der Waals surface area contributed by atoms with Crippen molar-refractivity contribution in [3.63, 3.8) is 0 Å². The van der Waals surface area contributed by atoms with E-state index < -0.39 is 0 Å². The average molecular weight is 522 g/mol. The molecule has 1 aliphatic heterocycles. The van der Waals surface area contributed by atoms with Crippen LogP contribution in [0, 0.1) is 19.8 Å². The molecule has 1 saturated carbocycles. The van der Waals surface area contributed by atoms with Gasteiger partial charge in [0.15, 0.2) is 5.82 Å².